The molecule has 1 heterocycles. The Morgan fingerprint density at radius 3 is 2.05 bits per heavy atom. The van der Waals surface area contributed by atoms with Crippen LogP contribution in [0, 0.1) is 11.3 Å². The summed E-state index contributed by atoms with van der Waals surface area (Å²) in [6, 6.07) is 17.0. The van der Waals surface area contributed by atoms with Gasteiger partial charge in [0.15, 0.2) is 5.54 Å². The molecule has 9 nitrogen and oxygen atoms in total. The Labute approximate surface area is 249 Å². The number of hydrogen-bond acceptors (Lipinski definition) is 7. The van der Waals surface area contributed by atoms with E-state index in [0.29, 0.717) is 13.2 Å². The van der Waals surface area contributed by atoms with E-state index in [-0.39, 0.29) is 19.4 Å². The molecule has 1 aliphatic heterocycles. The van der Waals surface area contributed by atoms with E-state index in [1.165, 1.54) is 7.05 Å². The van der Waals surface area contributed by atoms with Gasteiger partial charge in [-0.3, -0.25) is 9.69 Å². The lowest BCUT2D eigenvalue weighted by Gasteiger charge is -2.45. The average molecular weight is 583 g/mol. The maximum atomic E-state index is 14.0. The highest BCUT2D eigenvalue weighted by Crippen LogP contribution is 2.40. The monoisotopic (exact) mass is 582 g/mol. The second kappa shape index (κ2) is 13.6. The van der Waals surface area contributed by atoms with Crippen LogP contribution in [-0.4, -0.2) is 72.5 Å². The van der Waals surface area contributed by atoms with Crippen LogP contribution in [0.1, 0.15) is 59.1 Å². The van der Waals surface area contributed by atoms with Crippen LogP contribution in [0.2, 0.25) is 0 Å². The minimum absolute atomic E-state index is 0.0119. The first-order chi connectivity index (χ1) is 19.6. The van der Waals surface area contributed by atoms with Gasteiger partial charge in [-0.15, -0.1) is 0 Å². The Hall–Kier alpha value is -3.59. The SMILES string of the molecule is CN(C(=O)OC(C)(C)C)[C@](CC(C)(C)C)(C(=O)O)[C@@H](Cc1ccc(N2CCOCC2)cc1)C(=O)OCc1ccccc1. The number of benzene rings is 2. The Kier molecular flexibility index (Phi) is 10.7. The number of nitrogens with zero attached hydrogens (tertiary/aromatic N) is 2. The van der Waals surface area contributed by atoms with Crippen molar-refractivity contribution in [2.45, 2.75) is 72.1 Å². The van der Waals surface area contributed by atoms with E-state index in [0.717, 1.165) is 34.8 Å². The summed E-state index contributed by atoms with van der Waals surface area (Å²) in [6.07, 6.45) is -0.785. The standard InChI is InChI=1S/C33H46N2O7/c1-31(2,3)23-33(29(37)38,34(7)30(39)42-32(4,5)6)27(28(36)41-22-25-11-9-8-10-12-25)21-24-13-15-26(16-14-24)35-17-19-40-20-18-35/h8-16,27H,17-23H2,1-7H3,(H,37,38)/t27-,33-/m0/s1. The van der Waals surface area contributed by atoms with Gasteiger partial charge in [0.2, 0.25) is 0 Å². The molecular formula is C33H46N2O7. The topological polar surface area (TPSA) is 106 Å². The summed E-state index contributed by atoms with van der Waals surface area (Å²) >= 11 is 0. The molecule has 1 N–H and O–H groups in total. The molecule has 2 atom stereocenters. The van der Waals surface area contributed by atoms with Gasteiger partial charge < -0.3 is 24.2 Å². The summed E-state index contributed by atoms with van der Waals surface area (Å²) in [5.41, 5.74) is -0.849. The number of carboxylic acids is 1. The van der Waals surface area contributed by atoms with Crippen molar-refractivity contribution in [3.05, 3.63) is 65.7 Å². The number of morpholine rings is 1. The van der Waals surface area contributed by atoms with Crippen LogP contribution in [0.25, 0.3) is 0 Å². The third-order valence-corrected chi connectivity index (χ3v) is 7.27. The van der Waals surface area contributed by atoms with E-state index in [1.54, 1.807) is 20.8 Å². The summed E-state index contributed by atoms with van der Waals surface area (Å²) in [5, 5.41) is 10.9. The van der Waals surface area contributed by atoms with Crippen LogP contribution in [0.5, 0.6) is 0 Å². The zero-order chi connectivity index (χ0) is 31.1. The molecule has 0 radical (unpaired) electrons. The summed E-state index contributed by atoms with van der Waals surface area (Å²) < 4.78 is 16.9. The van der Waals surface area contributed by atoms with Crippen LogP contribution in [0.4, 0.5) is 10.5 Å². The highest BCUT2D eigenvalue weighted by atomic mass is 16.6. The van der Waals surface area contributed by atoms with Crippen molar-refractivity contribution >= 4 is 23.7 Å². The van der Waals surface area contributed by atoms with Crippen molar-refractivity contribution in [1.82, 2.24) is 4.90 Å². The molecule has 1 saturated heterocycles. The first-order valence-corrected chi connectivity index (χ1v) is 14.4. The maximum Gasteiger partial charge on any atom is 0.411 e. The second-order valence-electron chi connectivity index (χ2n) is 13.1. The Bertz CT molecular complexity index is 1200. The number of carboxylic acid groups (broad SMARTS) is 1. The molecule has 230 valence electrons. The lowest BCUT2D eigenvalue weighted by atomic mass is 9.69. The van der Waals surface area contributed by atoms with E-state index in [1.807, 2.05) is 75.4 Å². The fourth-order valence-electron chi connectivity index (χ4n) is 5.32. The van der Waals surface area contributed by atoms with Gasteiger partial charge in [0.1, 0.15) is 12.2 Å². The predicted octanol–water partition coefficient (Wildman–Crippen LogP) is 5.55. The van der Waals surface area contributed by atoms with Gasteiger partial charge >= 0.3 is 18.0 Å². The second-order valence-corrected chi connectivity index (χ2v) is 13.1. The quantitative estimate of drug-likeness (QED) is 0.364. The third-order valence-electron chi connectivity index (χ3n) is 7.27. The zero-order valence-electron chi connectivity index (χ0n) is 26.0. The molecular weight excluding hydrogens is 536 g/mol. The molecule has 0 unspecified atom stereocenters. The highest BCUT2D eigenvalue weighted by molar-refractivity contribution is 5.91. The smallest absolute Gasteiger partial charge is 0.411 e. The average Bonchev–Trinajstić information content (AvgIpc) is 2.93. The molecule has 9 heteroatoms. The Balaban J connectivity index is 2.06. The molecule has 0 bridgehead atoms. The molecule has 1 amide bonds. The van der Waals surface area contributed by atoms with Gasteiger partial charge in [-0.1, -0.05) is 63.2 Å². The predicted molar refractivity (Wildman–Crippen MR) is 161 cm³/mol. The summed E-state index contributed by atoms with van der Waals surface area (Å²) in [5.74, 6) is -3.22. The lowest BCUT2D eigenvalue weighted by molar-refractivity contribution is -0.170. The summed E-state index contributed by atoms with van der Waals surface area (Å²) in [7, 11) is 1.40. The van der Waals surface area contributed by atoms with Crippen LogP contribution < -0.4 is 4.90 Å². The number of carbonyl (C=O) groups is 3. The van der Waals surface area contributed by atoms with Crippen LogP contribution in [0.15, 0.2) is 54.6 Å². The van der Waals surface area contributed by atoms with Crippen LogP contribution in [0.3, 0.4) is 0 Å². The molecule has 42 heavy (non-hydrogen) atoms. The number of rotatable bonds is 10. The van der Waals surface area contributed by atoms with E-state index in [9.17, 15) is 19.5 Å². The van der Waals surface area contributed by atoms with Crippen molar-refractivity contribution in [2.24, 2.45) is 11.3 Å². The fourth-order valence-corrected chi connectivity index (χ4v) is 5.32. The maximum absolute atomic E-state index is 14.0. The molecule has 1 fully saturated rings. The van der Waals surface area contributed by atoms with Gasteiger partial charge in [0.25, 0.3) is 0 Å². The molecule has 2 aromatic rings. The summed E-state index contributed by atoms with van der Waals surface area (Å²) in [4.78, 5) is 44.2. The molecule has 1 aliphatic rings. The van der Waals surface area contributed by atoms with Crippen molar-refractivity contribution in [3.63, 3.8) is 0 Å². The number of hydrogen-bond donors (Lipinski definition) is 1. The first-order valence-electron chi connectivity index (χ1n) is 14.4. The van der Waals surface area contributed by atoms with Crippen molar-refractivity contribution in [3.8, 4) is 0 Å². The fraction of sp³-hybridized carbons (Fsp3) is 0.545. The number of esters is 1. The number of amides is 1. The van der Waals surface area contributed by atoms with Gasteiger partial charge in [-0.2, -0.15) is 0 Å². The number of aliphatic carboxylic acids is 1. The summed E-state index contributed by atoms with van der Waals surface area (Å²) in [6.45, 7) is 13.7. The third kappa shape index (κ3) is 8.71. The molecule has 0 aromatic heterocycles. The van der Waals surface area contributed by atoms with Gasteiger partial charge in [-0.05, 0) is 62.3 Å². The van der Waals surface area contributed by atoms with Crippen molar-refractivity contribution < 1.29 is 33.7 Å². The number of carbonyl (C=O) groups excluding carboxylic acids is 2. The Morgan fingerprint density at radius 2 is 1.52 bits per heavy atom. The van der Waals surface area contributed by atoms with Gasteiger partial charge in [0, 0.05) is 25.8 Å². The van der Waals surface area contributed by atoms with E-state index < -0.39 is 40.5 Å². The molecule has 0 saturated carbocycles. The highest BCUT2D eigenvalue weighted by Gasteiger charge is 2.57. The molecule has 0 aliphatic carbocycles. The van der Waals surface area contributed by atoms with E-state index >= 15 is 0 Å². The molecule has 3 rings (SSSR count). The van der Waals surface area contributed by atoms with Crippen molar-refractivity contribution in [2.75, 3.05) is 38.3 Å². The zero-order valence-corrected chi connectivity index (χ0v) is 26.0. The Morgan fingerprint density at radius 1 is 0.929 bits per heavy atom. The van der Waals surface area contributed by atoms with Gasteiger partial charge in [-0.25, -0.2) is 9.59 Å². The van der Waals surface area contributed by atoms with E-state index in [2.05, 4.69) is 4.90 Å². The van der Waals surface area contributed by atoms with Crippen molar-refractivity contribution in [1.29, 1.82) is 0 Å². The number of likely N-dealkylation sites (N-methyl/N-ethyl adjacent to an activating group) is 1. The largest absolute Gasteiger partial charge is 0.479 e. The van der Waals surface area contributed by atoms with E-state index in [4.69, 9.17) is 14.2 Å². The van der Waals surface area contributed by atoms with Crippen LogP contribution in [-0.2, 0) is 36.8 Å². The minimum atomic E-state index is -1.96. The normalized spacial score (nSPS) is 16.2. The minimum Gasteiger partial charge on any atom is -0.479 e. The lowest BCUT2D eigenvalue weighted by Crippen LogP contribution is -2.64. The number of anilines is 1. The van der Waals surface area contributed by atoms with Crippen LogP contribution >= 0.6 is 0 Å². The number of ether oxygens (including phenoxy) is 3. The molecule has 0 spiro atoms. The molecule has 2 aromatic carbocycles. The van der Waals surface area contributed by atoms with Gasteiger partial charge in [0.05, 0.1) is 19.1 Å². The first kappa shape index (κ1) is 32.9.